The van der Waals surface area contributed by atoms with Gasteiger partial charge in [0.15, 0.2) is 5.82 Å². The van der Waals surface area contributed by atoms with Crippen molar-refractivity contribution in [2.24, 2.45) is 5.92 Å². The molecule has 35 heavy (non-hydrogen) atoms. The Bertz CT molecular complexity index is 1080. The maximum absolute atomic E-state index is 13.7. The first kappa shape index (κ1) is 23.7. The van der Waals surface area contributed by atoms with Crippen molar-refractivity contribution < 1.29 is 23.1 Å². The van der Waals surface area contributed by atoms with Crippen LogP contribution in [0.1, 0.15) is 73.0 Å². The number of aromatic nitrogens is 3. The van der Waals surface area contributed by atoms with Crippen LogP contribution < -0.4 is 4.74 Å². The highest BCUT2D eigenvalue weighted by Crippen LogP contribution is 2.35. The molecule has 188 valence electrons. The van der Waals surface area contributed by atoms with Crippen molar-refractivity contribution in [2.45, 2.75) is 70.6 Å². The Morgan fingerprint density at radius 2 is 1.80 bits per heavy atom. The van der Waals surface area contributed by atoms with E-state index in [9.17, 15) is 18.4 Å². The van der Waals surface area contributed by atoms with Gasteiger partial charge in [0.05, 0.1) is 17.5 Å². The van der Waals surface area contributed by atoms with E-state index >= 15 is 0 Å². The second-order valence-corrected chi connectivity index (χ2v) is 9.59. The molecule has 0 N–H and O–H groups in total. The van der Waals surface area contributed by atoms with Crippen LogP contribution in [0.25, 0.3) is 0 Å². The third-order valence-electron chi connectivity index (χ3n) is 7.36. The first-order valence-electron chi connectivity index (χ1n) is 12.6. The fourth-order valence-corrected chi connectivity index (χ4v) is 5.66. The fourth-order valence-electron chi connectivity index (χ4n) is 5.66. The number of amides is 2. The summed E-state index contributed by atoms with van der Waals surface area (Å²) < 4.78 is 32.4. The van der Waals surface area contributed by atoms with E-state index in [0.29, 0.717) is 25.9 Å². The van der Waals surface area contributed by atoms with Crippen LogP contribution in [0.5, 0.6) is 5.75 Å². The molecule has 0 aliphatic carbocycles. The lowest BCUT2D eigenvalue weighted by atomic mass is 9.95. The van der Waals surface area contributed by atoms with Gasteiger partial charge in [0.1, 0.15) is 11.6 Å². The Labute approximate surface area is 203 Å². The number of nitrogens with zero attached hydrogens (tertiary/aromatic N) is 5. The van der Waals surface area contributed by atoms with Crippen molar-refractivity contribution in [3.05, 3.63) is 41.5 Å². The van der Waals surface area contributed by atoms with E-state index in [4.69, 9.17) is 0 Å². The van der Waals surface area contributed by atoms with E-state index < -0.39 is 6.61 Å². The van der Waals surface area contributed by atoms with Gasteiger partial charge in [0.25, 0.3) is 5.91 Å². The summed E-state index contributed by atoms with van der Waals surface area (Å²) >= 11 is 0. The number of halogens is 2. The highest BCUT2D eigenvalue weighted by atomic mass is 19.3. The zero-order valence-corrected chi connectivity index (χ0v) is 19.7. The van der Waals surface area contributed by atoms with E-state index in [1.54, 1.807) is 17.0 Å². The topological polar surface area (TPSA) is 80.6 Å². The quantitative estimate of drug-likeness (QED) is 0.641. The van der Waals surface area contributed by atoms with Crippen molar-refractivity contribution in [3.63, 3.8) is 0 Å². The molecule has 0 radical (unpaired) electrons. The molecule has 0 saturated carbocycles. The van der Waals surface area contributed by atoms with Crippen LogP contribution in [0.15, 0.2) is 24.3 Å². The number of carbonyl (C=O) groups excluding carboxylic acids is 2. The summed E-state index contributed by atoms with van der Waals surface area (Å²) in [5, 5.41) is 8.92. The van der Waals surface area contributed by atoms with Crippen LogP contribution in [0.2, 0.25) is 0 Å². The molecule has 8 nitrogen and oxygen atoms in total. The number of piperidine rings is 1. The second kappa shape index (κ2) is 10.3. The maximum atomic E-state index is 13.7. The summed E-state index contributed by atoms with van der Waals surface area (Å²) in [5.41, 5.74) is 0.0890. The molecule has 3 aliphatic rings. The SMILES string of the molecule is O=C(c1ccccc1OC(F)F)N1CCCC(C(=O)N2CCCC2c2nnc3n2CCCCC3)C1. The van der Waals surface area contributed by atoms with Gasteiger partial charge in [0.2, 0.25) is 5.91 Å². The van der Waals surface area contributed by atoms with E-state index in [1.165, 1.54) is 18.6 Å². The van der Waals surface area contributed by atoms with Crippen LogP contribution in [-0.2, 0) is 17.8 Å². The predicted molar refractivity (Wildman–Crippen MR) is 123 cm³/mol. The fraction of sp³-hybridized carbons (Fsp3) is 0.600. The number of hydrogen-bond donors (Lipinski definition) is 0. The zero-order valence-electron chi connectivity index (χ0n) is 19.7. The molecule has 5 rings (SSSR count). The number of aryl methyl sites for hydroxylation is 1. The minimum atomic E-state index is -3.01. The van der Waals surface area contributed by atoms with Gasteiger partial charge in [-0.25, -0.2) is 0 Å². The molecule has 10 heteroatoms. The largest absolute Gasteiger partial charge is 0.434 e. The van der Waals surface area contributed by atoms with Gasteiger partial charge in [-0.3, -0.25) is 9.59 Å². The lowest BCUT2D eigenvalue weighted by molar-refractivity contribution is -0.138. The van der Waals surface area contributed by atoms with Gasteiger partial charge in [-0.2, -0.15) is 8.78 Å². The average molecular weight is 488 g/mol. The predicted octanol–water partition coefficient (Wildman–Crippen LogP) is 3.82. The number of carbonyl (C=O) groups is 2. The van der Waals surface area contributed by atoms with Crippen LogP contribution in [0.3, 0.4) is 0 Å². The molecule has 2 saturated heterocycles. The lowest BCUT2D eigenvalue weighted by Gasteiger charge is -2.35. The molecule has 3 aliphatic heterocycles. The molecule has 0 spiro atoms. The highest BCUT2D eigenvalue weighted by Gasteiger charge is 2.39. The van der Waals surface area contributed by atoms with Crippen molar-refractivity contribution >= 4 is 11.8 Å². The Morgan fingerprint density at radius 1 is 0.971 bits per heavy atom. The molecule has 2 aromatic rings. The molecule has 2 fully saturated rings. The standard InChI is InChI=1S/C25H31F2N5O3/c26-25(27)35-20-11-4-3-9-18(20)24(34)30-13-6-8-17(16-30)23(33)31-15-7-10-19(31)22-29-28-21-12-2-1-5-14-32(21)22/h3-4,9,11,17,19,25H,1-2,5-8,10,12-16H2. The van der Waals surface area contributed by atoms with Crippen molar-refractivity contribution in [3.8, 4) is 5.75 Å². The number of benzene rings is 1. The van der Waals surface area contributed by atoms with Crippen LogP contribution in [0, 0.1) is 5.92 Å². The van der Waals surface area contributed by atoms with E-state index in [1.807, 2.05) is 4.90 Å². The summed E-state index contributed by atoms with van der Waals surface area (Å²) in [6, 6.07) is 5.93. The molecular formula is C25H31F2N5O3. The number of para-hydroxylation sites is 1. The molecule has 2 amide bonds. The second-order valence-electron chi connectivity index (χ2n) is 9.59. The first-order chi connectivity index (χ1) is 17.0. The number of rotatable bonds is 5. The molecule has 2 atom stereocenters. The maximum Gasteiger partial charge on any atom is 0.387 e. The molecule has 4 heterocycles. The molecule has 1 aromatic heterocycles. The number of ether oxygens (including phenoxy) is 1. The summed E-state index contributed by atoms with van der Waals surface area (Å²) in [4.78, 5) is 30.4. The number of likely N-dealkylation sites (tertiary alicyclic amines) is 2. The lowest BCUT2D eigenvalue weighted by Crippen LogP contribution is -2.47. The Balaban J connectivity index is 1.31. The molecule has 1 aromatic carbocycles. The molecule has 2 unspecified atom stereocenters. The van der Waals surface area contributed by atoms with Gasteiger partial charge < -0.3 is 19.1 Å². The van der Waals surface area contributed by atoms with Crippen molar-refractivity contribution in [2.75, 3.05) is 19.6 Å². The average Bonchev–Trinajstić information content (AvgIpc) is 3.44. The third kappa shape index (κ3) is 4.88. The van der Waals surface area contributed by atoms with Crippen molar-refractivity contribution in [1.82, 2.24) is 24.6 Å². The summed E-state index contributed by atoms with van der Waals surface area (Å²) in [6.45, 7) is -0.712. The monoisotopic (exact) mass is 487 g/mol. The number of hydrogen-bond acceptors (Lipinski definition) is 5. The van der Waals surface area contributed by atoms with Crippen LogP contribution >= 0.6 is 0 Å². The minimum absolute atomic E-state index is 0.0353. The molecule has 0 bridgehead atoms. The van der Waals surface area contributed by atoms with Gasteiger partial charge in [0, 0.05) is 32.6 Å². The Hall–Kier alpha value is -3.04. The minimum Gasteiger partial charge on any atom is -0.434 e. The van der Waals surface area contributed by atoms with Crippen molar-refractivity contribution in [1.29, 1.82) is 0 Å². The van der Waals surface area contributed by atoms with E-state index in [2.05, 4.69) is 19.5 Å². The van der Waals surface area contributed by atoms with E-state index in [-0.39, 0.29) is 41.6 Å². The zero-order chi connectivity index (χ0) is 24.4. The first-order valence-corrected chi connectivity index (χ1v) is 12.6. The third-order valence-corrected chi connectivity index (χ3v) is 7.36. The van der Waals surface area contributed by atoms with Gasteiger partial charge in [-0.05, 0) is 50.7 Å². The van der Waals surface area contributed by atoms with Crippen LogP contribution in [-0.4, -0.2) is 62.6 Å². The Kier molecular flexibility index (Phi) is 6.97. The van der Waals surface area contributed by atoms with Gasteiger partial charge in [-0.1, -0.05) is 18.6 Å². The summed E-state index contributed by atoms with van der Waals surface area (Å²) in [7, 11) is 0. The van der Waals surface area contributed by atoms with Gasteiger partial charge >= 0.3 is 6.61 Å². The molecular weight excluding hydrogens is 456 g/mol. The Morgan fingerprint density at radius 3 is 2.66 bits per heavy atom. The smallest absolute Gasteiger partial charge is 0.387 e. The van der Waals surface area contributed by atoms with E-state index in [0.717, 1.165) is 50.3 Å². The van der Waals surface area contributed by atoms with Gasteiger partial charge in [-0.15, -0.1) is 10.2 Å². The summed E-state index contributed by atoms with van der Waals surface area (Å²) in [6.07, 6.45) is 7.44. The normalized spacial score (nSPS) is 22.7. The number of alkyl halides is 2. The number of fused-ring (bicyclic) bond motifs is 1. The van der Waals surface area contributed by atoms with Crippen LogP contribution in [0.4, 0.5) is 8.78 Å². The summed E-state index contributed by atoms with van der Waals surface area (Å²) in [5.74, 6) is 1.06. The highest BCUT2D eigenvalue weighted by molar-refractivity contribution is 5.97.